The van der Waals surface area contributed by atoms with Gasteiger partial charge in [-0.25, -0.2) is 14.6 Å². The first-order valence-corrected chi connectivity index (χ1v) is 6.00. The molecule has 3 aromatic rings. The van der Waals surface area contributed by atoms with Crippen LogP contribution in [0.5, 0.6) is 11.9 Å². The van der Waals surface area contributed by atoms with Crippen molar-refractivity contribution in [3.63, 3.8) is 0 Å². The van der Waals surface area contributed by atoms with Gasteiger partial charge in [-0.2, -0.15) is 4.98 Å². The van der Waals surface area contributed by atoms with Gasteiger partial charge in [0.2, 0.25) is 5.88 Å². The molecule has 0 unspecified atom stereocenters. The monoisotopic (exact) mass is 268 g/mol. The number of nitrogens with one attached hydrogen (secondary N) is 1. The zero-order valence-corrected chi connectivity index (χ0v) is 10.8. The molecular formula is C13H12N6O. The Morgan fingerprint density at radius 2 is 1.95 bits per heavy atom. The molecule has 0 spiro atoms. The summed E-state index contributed by atoms with van der Waals surface area (Å²) in [6, 6.07) is 11.6. The lowest BCUT2D eigenvalue weighted by Gasteiger charge is -2.02. The fraction of sp³-hybridized carbons (Fsp3) is 0.0769. The molecular weight excluding hydrogens is 256 g/mol. The van der Waals surface area contributed by atoms with Gasteiger partial charge in [0.05, 0.1) is 5.69 Å². The molecule has 0 amide bonds. The van der Waals surface area contributed by atoms with Crippen molar-refractivity contribution in [2.75, 3.05) is 12.4 Å². The second-order valence-corrected chi connectivity index (χ2v) is 3.90. The second kappa shape index (κ2) is 5.35. The SMILES string of the molecule is CNc1cc(Oc2ncn(-c3ccccc3)n2)ncn1. The van der Waals surface area contributed by atoms with E-state index in [1.165, 1.54) is 6.33 Å². The zero-order valence-electron chi connectivity index (χ0n) is 10.8. The normalized spacial score (nSPS) is 10.2. The van der Waals surface area contributed by atoms with Crippen LogP contribution in [-0.4, -0.2) is 31.8 Å². The van der Waals surface area contributed by atoms with Crippen molar-refractivity contribution in [1.82, 2.24) is 24.7 Å². The molecule has 0 aliphatic carbocycles. The lowest BCUT2D eigenvalue weighted by Crippen LogP contribution is -1.97. The summed E-state index contributed by atoms with van der Waals surface area (Å²) in [5, 5.41) is 7.14. The highest BCUT2D eigenvalue weighted by atomic mass is 16.5. The molecule has 0 fully saturated rings. The first-order chi connectivity index (χ1) is 9.85. The standard InChI is InChI=1S/C13H12N6O/c1-14-11-7-12(16-8-15-11)20-13-17-9-19(18-13)10-5-3-2-4-6-10/h2-9H,1H3,(H,14,15,16). The summed E-state index contributed by atoms with van der Waals surface area (Å²) in [6.45, 7) is 0. The number of benzene rings is 1. The summed E-state index contributed by atoms with van der Waals surface area (Å²) in [4.78, 5) is 12.1. The van der Waals surface area contributed by atoms with Crippen LogP contribution in [0, 0.1) is 0 Å². The Morgan fingerprint density at radius 1 is 1.10 bits per heavy atom. The van der Waals surface area contributed by atoms with Gasteiger partial charge in [0.1, 0.15) is 18.5 Å². The van der Waals surface area contributed by atoms with Crippen molar-refractivity contribution < 1.29 is 4.74 Å². The van der Waals surface area contributed by atoms with Crippen LogP contribution in [0.15, 0.2) is 49.1 Å². The number of para-hydroxylation sites is 1. The third-order valence-corrected chi connectivity index (χ3v) is 2.59. The summed E-state index contributed by atoms with van der Waals surface area (Å²) in [5.41, 5.74) is 0.911. The third-order valence-electron chi connectivity index (χ3n) is 2.59. The van der Waals surface area contributed by atoms with Crippen LogP contribution < -0.4 is 10.1 Å². The van der Waals surface area contributed by atoms with Crippen LogP contribution in [0.25, 0.3) is 5.69 Å². The Balaban J connectivity index is 1.80. The number of ether oxygens (including phenoxy) is 1. The van der Waals surface area contributed by atoms with Gasteiger partial charge in [0, 0.05) is 13.1 Å². The Labute approximate surface area is 115 Å². The number of hydrogen-bond donors (Lipinski definition) is 1. The fourth-order valence-electron chi connectivity index (χ4n) is 1.63. The lowest BCUT2D eigenvalue weighted by molar-refractivity contribution is 0.424. The number of aromatic nitrogens is 5. The highest BCUT2D eigenvalue weighted by molar-refractivity contribution is 5.36. The number of hydrogen-bond acceptors (Lipinski definition) is 6. The molecule has 7 heteroatoms. The molecule has 0 aliphatic heterocycles. The van der Waals surface area contributed by atoms with Crippen LogP contribution in [0.4, 0.5) is 5.82 Å². The number of rotatable bonds is 4. The maximum atomic E-state index is 5.49. The molecule has 0 saturated carbocycles. The van der Waals surface area contributed by atoms with Crippen molar-refractivity contribution in [3.05, 3.63) is 49.1 Å². The molecule has 2 heterocycles. The van der Waals surface area contributed by atoms with Gasteiger partial charge < -0.3 is 10.1 Å². The first-order valence-electron chi connectivity index (χ1n) is 6.00. The zero-order chi connectivity index (χ0) is 13.8. The first kappa shape index (κ1) is 12.1. The maximum absolute atomic E-state index is 5.49. The highest BCUT2D eigenvalue weighted by Gasteiger charge is 2.06. The Kier molecular flexibility index (Phi) is 3.24. The van der Waals surface area contributed by atoms with E-state index in [-0.39, 0.29) is 6.01 Å². The molecule has 0 radical (unpaired) electrons. The predicted molar refractivity (Wildman–Crippen MR) is 73.0 cm³/mol. The van der Waals surface area contributed by atoms with E-state index in [0.29, 0.717) is 11.7 Å². The van der Waals surface area contributed by atoms with Crippen molar-refractivity contribution in [2.45, 2.75) is 0 Å². The summed E-state index contributed by atoms with van der Waals surface area (Å²) >= 11 is 0. The van der Waals surface area contributed by atoms with E-state index in [0.717, 1.165) is 5.69 Å². The number of anilines is 1. The van der Waals surface area contributed by atoms with Gasteiger partial charge in [-0.1, -0.05) is 18.2 Å². The minimum absolute atomic E-state index is 0.231. The minimum Gasteiger partial charge on any atom is -0.404 e. The van der Waals surface area contributed by atoms with Gasteiger partial charge in [-0.05, 0) is 12.1 Å². The summed E-state index contributed by atoms with van der Waals surface area (Å²) < 4.78 is 7.12. The van der Waals surface area contributed by atoms with Crippen molar-refractivity contribution >= 4 is 5.82 Å². The van der Waals surface area contributed by atoms with Crippen molar-refractivity contribution in [3.8, 4) is 17.6 Å². The van der Waals surface area contributed by atoms with E-state index in [2.05, 4.69) is 25.4 Å². The number of nitrogens with zero attached hydrogens (tertiary/aromatic N) is 5. The molecule has 0 aliphatic rings. The molecule has 20 heavy (non-hydrogen) atoms. The Bertz CT molecular complexity index is 697. The molecule has 1 aromatic carbocycles. The largest absolute Gasteiger partial charge is 0.404 e. The summed E-state index contributed by atoms with van der Waals surface area (Å²) in [6.07, 6.45) is 3.00. The van der Waals surface area contributed by atoms with Crippen molar-refractivity contribution in [1.29, 1.82) is 0 Å². The molecule has 0 saturated heterocycles. The van der Waals surface area contributed by atoms with Gasteiger partial charge in [-0.15, -0.1) is 5.10 Å². The van der Waals surface area contributed by atoms with E-state index in [9.17, 15) is 0 Å². The summed E-state index contributed by atoms with van der Waals surface area (Å²) in [7, 11) is 1.77. The van der Waals surface area contributed by atoms with Crippen LogP contribution in [0.1, 0.15) is 0 Å². The van der Waals surface area contributed by atoms with Gasteiger partial charge >= 0.3 is 6.01 Å². The predicted octanol–water partition coefficient (Wildman–Crippen LogP) is 1.89. The molecule has 0 bridgehead atoms. The average molecular weight is 268 g/mol. The maximum Gasteiger partial charge on any atom is 0.342 e. The quantitative estimate of drug-likeness (QED) is 0.778. The van der Waals surface area contributed by atoms with Crippen LogP contribution in [0.3, 0.4) is 0 Å². The highest BCUT2D eigenvalue weighted by Crippen LogP contribution is 2.17. The molecule has 1 N–H and O–H groups in total. The average Bonchev–Trinajstić information content (AvgIpc) is 2.97. The fourth-order valence-corrected chi connectivity index (χ4v) is 1.63. The van der Waals surface area contributed by atoms with E-state index in [4.69, 9.17) is 4.74 Å². The lowest BCUT2D eigenvalue weighted by atomic mass is 10.3. The third kappa shape index (κ3) is 2.56. The van der Waals surface area contributed by atoms with Gasteiger partial charge in [0.25, 0.3) is 0 Å². The van der Waals surface area contributed by atoms with E-state index < -0.39 is 0 Å². The van der Waals surface area contributed by atoms with Crippen LogP contribution >= 0.6 is 0 Å². The topological polar surface area (TPSA) is 77.8 Å². The van der Waals surface area contributed by atoms with Crippen LogP contribution in [-0.2, 0) is 0 Å². The molecule has 2 aromatic heterocycles. The molecule has 7 nitrogen and oxygen atoms in total. The molecule has 3 rings (SSSR count). The Hall–Kier alpha value is -2.96. The van der Waals surface area contributed by atoms with Crippen molar-refractivity contribution in [2.24, 2.45) is 0 Å². The Morgan fingerprint density at radius 3 is 2.75 bits per heavy atom. The van der Waals surface area contributed by atoms with E-state index in [1.54, 1.807) is 24.1 Å². The van der Waals surface area contributed by atoms with E-state index >= 15 is 0 Å². The smallest absolute Gasteiger partial charge is 0.342 e. The second-order valence-electron chi connectivity index (χ2n) is 3.90. The van der Waals surface area contributed by atoms with Crippen LogP contribution in [0.2, 0.25) is 0 Å². The van der Waals surface area contributed by atoms with Gasteiger partial charge in [0.15, 0.2) is 0 Å². The van der Waals surface area contributed by atoms with Gasteiger partial charge in [-0.3, -0.25) is 0 Å². The minimum atomic E-state index is 0.231. The summed E-state index contributed by atoms with van der Waals surface area (Å²) in [5.74, 6) is 1.05. The molecule has 0 atom stereocenters. The van der Waals surface area contributed by atoms with E-state index in [1.807, 2.05) is 30.3 Å². The molecule has 100 valence electrons.